The summed E-state index contributed by atoms with van der Waals surface area (Å²) in [4.78, 5) is 22.1. The van der Waals surface area contributed by atoms with E-state index in [2.05, 4.69) is 15.5 Å². The van der Waals surface area contributed by atoms with Gasteiger partial charge in [0.25, 0.3) is 0 Å². The van der Waals surface area contributed by atoms with Gasteiger partial charge in [-0.05, 0) is 12.1 Å². The molecule has 0 aromatic heterocycles. The number of hydrogen-bond acceptors (Lipinski definition) is 6. The van der Waals surface area contributed by atoms with E-state index in [1.807, 2.05) is 0 Å². The van der Waals surface area contributed by atoms with Crippen molar-refractivity contribution in [3.8, 4) is 5.75 Å². The van der Waals surface area contributed by atoms with Gasteiger partial charge in [-0.3, -0.25) is 9.59 Å². The highest BCUT2D eigenvalue weighted by atomic mass is 35.5. The van der Waals surface area contributed by atoms with Crippen LogP contribution in [-0.4, -0.2) is 38.7 Å². The minimum atomic E-state index is -1.07. The van der Waals surface area contributed by atoms with Crippen LogP contribution in [0.3, 0.4) is 0 Å². The van der Waals surface area contributed by atoms with Crippen LogP contribution in [0.1, 0.15) is 12.0 Å². The van der Waals surface area contributed by atoms with Gasteiger partial charge in [-0.1, -0.05) is 35.0 Å². The van der Waals surface area contributed by atoms with E-state index in [1.54, 1.807) is 0 Å². The molecule has 22 heavy (non-hydrogen) atoms. The van der Waals surface area contributed by atoms with Crippen LogP contribution in [0.2, 0.25) is 10.0 Å². The number of halogens is 2. The lowest BCUT2D eigenvalue weighted by molar-refractivity contribution is -0.138. The van der Waals surface area contributed by atoms with Crippen molar-refractivity contribution in [3.63, 3.8) is 0 Å². The topological polar surface area (TPSA) is 111 Å². The number of nitrogens with zero attached hydrogens (tertiary/aromatic N) is 2. The maximum Gasteiger partial charge on any atom is 0.305 e. The fourth-order valence-corrected chi connectivity index (χ4v) is 2.89. The zero-order valence-corrected chi connectivity index (χ0v) is 13.1. The smallest absolute Gasteiger partial charge is 0.305 e. The Balaban J connectivity index is 2.08. The van der Waals surface area contributed by atoms with Gasteiger partial charge in [0.05, 0.1) is 22.7 Å². The summed E-state index contributed by atoms with van der Waals surface area (Å²) in [5.41, 5.74) is 0.393. The first kappa shape index (κ1) is 16.6. The van der Waals surface area contributed by atoms with Gasteiger partial charge >= 0.3 is 5.97 Å². The molecular weight excluding hydrogens is 353 g/mol. The Bertz CT molecular complexity index is 693. The Hall–Kier alpha value is -1.77. The molecule has 1 saturated heterocycles. The van der Waals surface area contributed by atoms with Gasteiger partial charge in [0, 0.05) is 5.56 Å². The van der Waals surface area contributed by atoms with E-state index in [9.17, 15) is 14.7 Å². The van der Waals surface area contributed by atoms with Crippen LogP contribution in [0.4, 0.5) is 0 Å². The zero-order valence-electron chi connectivity index (χ0n) is 10.8. The molecule has 1 aromatic rings. The summed E-state index contributed by atoms with van der Waals surface area (Å²) in [5.74, 6) is -1.64. The number of phenolic OH excluding ortho intramolecular Hbond substituents is 1. The number of aromatic hydroxyl groups is 1. The molecule has 0 aliphatic carbocycles. The molecule has 1 aliphatic heterocycles. The molecule has 3 N–H and O–H groups in total. The van der Waals surface area contributed by atoms with E-state index < -0.39 is 17.1 Å². The molecule has 1 atom stereocenters. The molecule has 0 spiro atoms. The van der Waals surface area contributed by atoms with E-state index in [-0.39, 0.29) is 27.4 Å². The molecule has 0 saturated carbocycles. The fourth-order valence-electron chi connectivity index (χ4n) is 1.54. The van der Waals surface area contributed by atoms with E-state index >= 15 is 0 Å². The quantitative estimate of drug-likeness (QED) is 0.561. The van der Waals surface area contributed by atoms with Gasteiger partial charge in [0.15, 0.2) is 5.17 Å². The molecule has 116 valence electrons. The molecule has 1 aliphatic rings. The first-order valence-corrected chi connectivity index (χ1v) is 7.48. The number of hydrogen-bond donors (Lipinski definition) is 3. The van der Waals surface area contributed by atoms with E-state index in [1.165, 1.54) is 18.3 Å². The lowest BCUT2D eigenvalue weighted by Crippen LogP contribution is -2.26. The first-order valence-electron chi connectivity index (χ1n) is 5.85. The van der Waals surface area contributed by atoms with Gasteiger partial charge in [-0.2, -0.15) is 5.10 Å². The van der Waals surface area contributed by atoms with Crippen molar-refractivity contribution >= 4 is 58.2 Å². The van der Waals surface area contributed by atoms with Crippen LogP contribution in [-0.2, 0) is 9.59 Å². The molecule has 1 unspecified atom stereocenters. The third-order valence-electron chi connectivity index (χ3n) is 2.55. The normalized spacial score (nSPS) is 19.8. The van der Waals surface area contributed by atoms with E-state index in [4.69, 9.17) is 28.3 Å². The second kappa shape index (κ2) is 6.99. The number of amidine groups is 1. The molecule has 1 aromatic carbocycles. The number of aliphatic carboxylic acids is 1. The van der Waals surface area contributed by atoms with Gasteiger partial charge in [-0.25, -0.2) is 0 Å². The summed E-state index contributed by atoms with van der Waals surface area (Å²) < 4.78 is 0. The number of benzene rings is 1. The second-order valence-corrected chi connectivity index (χ2v) is 6.17. The summed E-state index contributed by atoms with van der Waals surface area (Å²) in [7, 11) is 0. The molecule has 0 bridgehead atoms. The lowest BCUT2D eigenvalue weighted by Gasteiger charge is -2.00. The number of carbonyl (C=O) groups is 2. The third kappa shape index (κ3) is 4.12. The van der Waals surface area contributed by atoms with Crippen LogP contribution in [0, 0.1) is 0 Å². The number of amides is 1. The molecule has 1 amide bonds. The molecule has 2 rings (SSSR count). The minimum absolute atomic E-state index is 0.114. The van der Waals surface area contributed by atoms with Crippen LogP contribution in [0.25, 0.3) is 0 Å². The van der Waals surface area contributed by atoms with E-state index in [0.717, 1.165) is 11.8 Å². The highest BCUT2D eigenvalue weighted by molar-refractivity contribution is 8.15. The van der Waals surface area contributed by atoms with Crippen LogP contribution in [0.15, 0.2) is 22.3 Å². The standard InChI is InChI=1S/C12H9Cl2N3O4S/c13-6-2-7(14)8(18)1-5(6)4-15-17-12-16-11(21)9(22-12)3-10(19)20/h1-2,4,9,18H,3H2,(H,19,20)(H,16,17,21). The van der Waals surface area contributed by atoms with Gasteiger partial charge in [-0.15, -0.1) is 5.10 Å². The lowest BCUT2D eigenvalue weighted by atomic mass is 10.2. The van der Waals surface area contributed by atoms with Crippen LogP contribution < -0.4 is 5.32 Å². The molecule has 1 heterocycles. The Morgan fingerprint density at radius 2 is 2.14 bits per heavy atom. The molecule has 1 fully saturated rings. The van der Waals surface area contributed by atoms with Crippen molar-refractivity contribution in [2.45, 2.75) is 11.7 Å². The number of thioether (sulfide) groups is 1. The summed E-state index contributed by atoms with van der Waals surface area (Å²) >= 11 is 12.6. The number of nitrogens with one attached hydrogen (secondary N) is 1. The van der Waals surface area contributed by atoms with Crippen molar-refractivity contribution < 1.29 is 19.8 Å². The molecule has 7 nitrogen and oxygen atoms in total. The fraction of sp³-hybridized carbons (Fsp3) is 0.167. The average molecular weight is 362 g/mol. The maximum absolute atomic E-state index is 11.5. The Morgan fingerprint density at radius 3 is 2.82 bits per heavy atom. The maximum atomic E-state index is 11.5. The van der Waals surface area contributed by atoms with Crippen molar-refractivity contribution in [1.82, 2.24) is 5.32 Å². The van der Waals surface area contributed by atoms with Gasteiger partial charge < -0.3 is 15.5 Å². The number of carboxylic acid groups (broad SMARTS) is 1. The average Bonchev–Trinajstić information content (AvgIpc) is 2.75. The monoisotopic (exact) mass is 361 g/mol. The van der Waals surface area contributed by atoms with Gasteiger partial charge in [0.1, 0.15) is 11.0 Å². The number of rotatable bonds is 4. The SMILES string of the molecule is O=C(O)CC1SC(=NN=Cc2cc(O)c(Cl)cc2Cl)NC1=O. The van der Waals surface area contributed by atoms with Crippen molar-refractivity contribution in [2.24, 2.45) is 10.2 Å². The number of carboxylic acids is 1. The highest BCUT2D eigenvalue weighted by Crippen LogP contribution is 2.29. The van der Waals surface area contributed by atoms with E-state index in [0.29, 0.717) is 5.56 Å². The van der Waals surface area contributed by atoms with Crippen molar-refractivity contribution in [2.75, 3.05) is 0 Å². The Kier molecular flexibility index (Phi) is 5.28. The predicted octanol–water partition coefficient (Wildman–Crippen LogP) is 2.10. The summed E-state index contributed by atoms with van der Waals surface area (Å²) in [6.07, 6.45) is 0.985. The number of carbonyl (C=O) groups excluding carboxylic acids is 1. The Labute approximate surface area is 139 Å². The number of phenols is 1. The van der Waals surface area contributed by atoms with Gasteiger partial charge in [0.2, 0.25) is 5.91 Å². The molecule has 0 radical (unpaired) electrons. The van der Waals surface area contributed by atoms with Crippen LogP contribution in [0.5, 0.6) is 5.75 Å². The summed E-state index contributed by atoms with van der Waals surface area (Å²) in [5, 5.41) is 28.0. The van der Waals surface area contributed by atoms with Crippen LogP contribution >= 0.6 is 35.0 Å². The van der Waals surface area contributed by atoms with Crippen molar-refractivity contribution in [3.05, 3.63) is 27.7 Å². The van der Waals surface area contributed by atoms with Crippen molar-refractivity contribution in [1.29, 1.82) is 0 Å². The largest absolute Gasteiger partial charge is 0.506 e. The summed E-state index contributed by atoms with van der Waals surface area (Å²) in [6, 6.07) is 2.68. The molecular formula is C12H9Cl2N3O4S. The predicted molar refractivity (Wildman–Crippen MR) is 84.9 cm³/mol. The third-order valence-corrected chi connectivity index (χ3v) is 4.25. The summed E-state index contributed by atoms with van der Waals surface area (Å²) in [6.45, 7) is 0. The minimum Gasteiger partial charge on any atom is -0.506 e. The zero-order chi connectivity index (χ0) is 16.3. The highest BCUT2D eigenvalue weighted by Gasteiger charge is 2.32. The molecule has 10 heteroatoms. The first-order chi connectivity index (χ1) is 10.4. The Morgan fingerprint density at radius 1 is 1.41 bits per heavy atom. The second-order valence-electron chi connectivity index (χ2n) is 4.17.